The van der Waals surface area contributed by atoms with Gasteiger partial charge < -0.3 is 63.8 Å². The summed E-state index contributed by atoms with van der Waals surface area (Å²) in [5, 5.41) is 73.2. The Labute approximate surface area is 269 Å². The molecule has 0 saturated carbocycles. The second-order valence-corrected chi connectivity index (χ2v) is 12.0. The van der Waals surface area contributed by atoms with Gasteiger partial charge in [0.2, 0.25) is 23.8 Å². The Morgan fingerprint density at radius 1 is 0.830 bits per heavy atom. The van der Waals surface area contributed by atoms with Crippen molar-refractivity contribution in [1.82, 2.24) is 0 Å². The van der Waals surface area contributed by atoms with E-state index in [2.05, 4.69) is 0 Å². The van der Waals surface area contributed by atoms with Gasteiger partial charge in [0, 0.05) is 17.2 Å². The van der Waals surface area contributed by atoms with E-state index in [1.165, 1.54) is 21.0 Å². The summed E-state index contributed by atoms with van der Waals surface area (Å²) in [4.78, 5) is 14.2. The van der Waals surface area contributed by atoms with Crippen LogP contribution in [0.15, 0.2) is 51.2 Å². The highest BCUT2D eigenvalue weighted by Gasteiger charge is 2.45. The van der Waals surface area contributed by atoms with Gasteiger partial charge in [-0.05, 0) is 58.4 Å². The molecule has 7 N–H and O–H groups in total. The molecule has 256 valence electrons. The number of hydrogen-bond donors (Lipinski definition) is 7. The van der Waals surface area contributed by atoms with Crippen molar-refractivity contribution in [2.24, 2.45) is 0 Å². The summed E-state index contributed by atoms with van der Waals surface area (Å²) in [5.74, 6) is -0.728. The normalized spacial score (nSPS) is 31.0. The molecule has 3 heterocycles. The van der Waals surface area contributed by atoms with Crippen molar-refractivity contribution in [3.8, 4) is 34.3 Å². The number of phenols is 1. The smallest absolute Gasteiger partial charge is 0.239 e. The predicted octanol–water partition coefficient (Wildman–Crippen LogP) is 1.10. The molecule has 0 amide bonds. The number of aliphatic hydroxyl groups is 6. The third kappa shape index (κ3) is 6.68. The molecule has 2 saturated heterocycles. The third-order valence-electron chi connectivity index (χ3n) is 8.33. The quantitative estimate of drug-likeness (QED) is 0.168. The zero-order chi connectivity index (χ0) is 34.3. The summed E-state index contributed by atoms with van der Waals surface area (Å²) < 4.78 is 34.7. The first-order valence-corrected chi connectivity index (χ1v) is 15.1. The lowest BCUT2D eigenvalue weighted by Crippen LogP contribution is -2.58. The van der Waals surface area contributed by atoms with E-state index in [9.17, 15) is 40.5 Å². The number of allylic oxidation sites excluding steroid dienone is 2. The van der Waals surface area contributed by atoms with Crippen LogP contribution in [0.2, 0.25) is 0 Å². The summed E-state index contributed by atoms with van der Waals surface area (Å²) in [6.45, 7) is 6.65. The molecular weight excluding hydrogens is 620 g/mol. The van der Waals surface area contributed by atoms with Crippen LogP contribution >= 0.6 is 0 Å². The first-order valence-electron chi connectivity index (χ1n) is 15.1. The number of benzene rings is 2. The van der Waals surface area contributed by atoms with Gasteiger partial charge in [0.1, 0.15) is 64.8 Å². The molecule has 5 rings (SSSR count). The van der Waals surface area contributed by atoms with Gasteiger partial charge in [-0.1, -0.05) is 11.6 Å². The van der Waals surface area contributed by atoms with E-state index in [0.29, 0.717) is 11.3 Å². The second-order valence-electron chi connectivity index (χ2n) is 12.0. The molecule has 10 atom stereocenters. The van der Waals surface area contributed by atoms with Gasteiger partial charge in [-0.3, -0.25) is 4.79 Å². The van der Waals surface area contributed by atoms with Crippen molar-refractivity contribution >= 4 is 11.0 Å². The highest BCUT2D eigenvalue weighted by molar-refractivity contribution is 5.91. The van der Waals surface area contributed by atoms with Crippen LogP contribution in [0.25, 0.3) is 22.3 Å². The molecule has 2 aliphatic rings. The van der Waals surface area contributed by atoms with Gasteiger partial charge in [0.25, 0.3) is 0 Å². The average molecular weight is 661 g/mol. The van der Waals surface area contributed by atoms with Gasteiger partial charge in [-0.15, -0.1) is 0 Å². The molecule has 14 nitrogen and oxygen atoms in total. The molecule has 0 bridgehead atoms. The predicted molar refractivity (Wildman–Crippen MR) is 165 cm³/mol. The van der Waals surface area contributed by atoms with E-state index in [1.54, 1.807) is 24.3 Å². The number of phenolic OH excluding ortho intramolecular Hbond substituents is 1. The van der Waals surface area contributed by atoms with Gasteiger partial charge in [-0.25, -0.2) is 0 Å². The van der Waals surface area contributed by atoms with Crippen LogP contribution in [-0.2, 0) is 15.9 Å². The maximum atomic E-state index is 14.2. The monoisotopic (exact) mass is 660 g/mol. The Kier molecular flexibility index (Phi) is 10.1. The van der Waals surface area contributed by atoms with Crippen LogP contribution in [-0.4, -0.2) is 104 Å². The largest absolute Gasteiger partial charge is 0.507 e. The number of fused-ring (bicyclic) bond motifs is 1. The molecule has 0 spiro atoms. The molecule has 47 heavy (non-hydrogen) atoms. The van der Waals surface area contributed by atoms with Crippen LogP contribution < -0.4 is 19.6 Å². The Bertz CT molecular complexity index is 1660. The summed E-state index contributed by atoms with van der Waals surface area (Å²) in [5.41, 5.74) is 0.532. The van der Waals surface area contributed by atoms with E-state index >= 15 is 0 Å². The molecule has 14 heteroatoms. The average Bonchev–Trinajstić information content (AvgIpc) is 3.04. The fraction of sp³-hybridized carbons (Fsp3) is 0.485. The minimum atomic E-state index is -1.75. The highest BCUT2D eigenvalue weighted by atomic mass is 16.7. The minimum Gasteiger partial charge on any atom is -0.507 e. The van der Waals surface area contributed by atoms with E-state index in [0.717, 1.165) is 11.6 Å². The number of rotatable bonds is 8. The fourth-order valence-corrected chi connectivity index (χ4v) is 5.47. The number of ether oxygens (including phenoxy) is 5. The molecule has 2 aliphatic heterocycles. The highest BCUT2D eigenvalue weighted by Crippen LogP contribution is 2.41. The number of hydrogen-bond acceptors (Lipinski definition) is 14. The van der Waals surface area contributed by atoms with Gasteiger partial charge in [0.05, 0.1) is 19.3 Å². The molecule has 10 unspecified atom stereocenters. The summed E-state index contributed by atoms with van der Waals surface area (Å²) >= 11 is 0. The van der Waals surface area contributed by atoms with Crippen LogP contribution in [0.4, 0.5) is 0 Å². The standard InChI is InChI=1S/C33H40O14/c1-13(2)6-11-18-20(45-32-27(40)25(38)22(35)14(3)43-32)12-19(34)21-24(37)31(47-33-28(41)26(39)23(36)15(4)44-33)29(46-30(18)21)16-7-9-17(42-5)10-8-16/h6-10,12,14-15,22-23,25-28,32-36,38-41H,11H2,1-5H3. The first kappa shape index (κ1) is 34.6. The topological polar surface area (TPSA) is 218 Å². The van der Waals surface area contributed by atoms with Crippen molar-refractivity contribution in [3.05, 3.63) is 57.8 Å². The fourth-order valence-electron chi connectivity index (χ4n) is 5.47. The zero-order valence-corrected chi connectivity index (χ0v) is 26.4. The number of methoxy groups -OCH3 is 1. The van der Waals surface area contributed by atoms with Gasteiger partial charge in [0.15, 0.2) is 5.76 Å². The van der Waals surface area contributed by atoms with Gasteiger partial charge in [-0.2, -0.15) is 0 Å². The van der Waals surface area contributed by atoms with Gasteiger partial charge >= 0.3 is 0 Å². The molecule has 1 aromatic heterocycles. The van der Waals surface area contributed by atoms with E-state index in [4.69, 9.17) is 28.1 Å². The van der Waals surface area contributed by atoms with E-state index < -0.39 is 78.3 Å². The van der Waals surface area contributed by atoms with Crippen molar-refractivity contribution in [2.75, 3.05) is 7.11 Å². The number of aromatic hydroxyl groups is 1. The van der Waals surface area contributed by atoms with Crippen molar-refractivity contribution in [2.45, 2.75) is 95.5 Å². The molecule has 3 aromatic rings. The Hall–Kier alpha value is -3.73. The van der Waals surface area contributed by atoms with E-state index in [1.807, 2.05) is 19.9 Å². The molecule has 2 aromatic carbocycles. The van der Waals surface area contributed by atoms with Crippen LogP contribution in [0.1, 0.15) is 33.3 Å². The second kappa shape index (κ2) is 13.8. The SMILES string of the molecule is COc1ccc(-c2oc3c(CC=C(C)C)c(OC4OC(C)C(O)C(O)C4O)cc(O)c3c(=O)c2OC2OC(C)C(O)C(O)C2O)cc1. The maximum absolute atomic E-state index is 14.2. The Balaban J connectivity index is 1.72. The van der Waals surface area contributed by atoms with Crippen LogP contribution in [0.3, 0.4) is 0 Å². The lowest BCUT2D eigenvalue weighted by atomic mass is 9.99. The summed E-state index contributed by atoms with van der Waals surface area (Å²) in [6, 6.07) is 7.54. The lowest BCUT2D eigenvalue weighted by Gasteiger charge is -2.39. The molecule has 0 radical (unpaired) electrons. The summed E-state index contributed by atoms with van der Waals surface area (Å²) in [7, 11) is 1.48. The number of aliphatic hydroxyl groups excluding tert-OH is 6. The third-order valence-corrected chi connectivity index (χ3v) is 8.33. The van der Waals surface area contributed by atoms with Crippen molar-refractivity contribution < 1.29 is 63.8 Å². The Morgan fingerprint density at radius 3 is 1.91 bits per heavy atom. The lowest BCUT2D eigenvalue weighted by molar-refractivity contribution is -0.268. The van der Waals surface area contributed by atoms with Crippen molar-refractivity contribution in [1.29, 1.82) is 0 Å². The zero-order valence-electron chi connectivity index (χ0n) is 26.4. The molecular formula is C33H40O14. The summed E-state index contributed by atoms with van der Waals surface area (Å²) in [6.07, 6.45) is -12.5. The van der Waals surface area contributed by atoms with Crippen molar-refractivity contribution in [3.63, 3.8) is 0 Å². The Morgan fingerprint density at radius 2 is 1.38 bits per heavy atom. The van der Waals surface area contributed by atoms with Crippen LogP contribution in [0.5, 0.6) is 23.0 Å². The molecule has 0 aliphatic carbocycles. The van der Waals surface area contributed by atoms with E-state index in [-0.39, 0.29) is 34.5 Å². The van der Waals surface area contributed by atoms with Crippen LogP contribution in [0, 0.1) is 0 Å². The molecule has 2 fully saturated rings. The first-order chi connectivity index (χ1) is 22.2. The maximum Gasteiger partial charge on any atom is 0.239 e. The minimum absolute atomic E-state index is 0.0400.